The molecule has 334 valence electrons. The van der Waals surface area contributed by atoms with Crippen LogP contribution >= 0.6 is 16.3 Å². The van der Waals surface area contributed by atoms with Crippen LogP contribution in [0.1, 0.15) is 61.9 Å². The summed E-state index contributed by atoms with van der Waals surface area (Å²) < 4.78 is 44.6. The highest BCUT2D eigenvalue weighted by molar-refractivity contribution is 7.69. The first kappa shape index (κ1) is 46.3. The Hall–Kier alpha value is -4.26. The lowest BCUT2D eigenvalue weighted by Crippen LogP contribution is -2.64. The molecule has 2 aliphatic rings. The van der Waals surface area contributed by atoms with Gasteiger partial charge in [0.2, 0.25) is 6.29 Å². The summed E-state index contributed by atoms with van der Waals surface area (Å²) in [7, 11) is 3.69. The summed E-state index contributed by atoms with van der Waals surface area (Å²) in [6, 6.07) is 45.4. The Bertz CT molecular complexity index is 2390. The molecule has 0 radical (unpaired) electrons. The predicted molar refractivity (Wildman–Crippen MR) is 263 cm³/mol. The van der Waals surface area contributed by atoms with E-state index in [1.54, 1.807) is 0 Å². The lowest BCUT2D eigenvalue weighted by Gasteiger charge is -2.50. The van der Waals surface area contributed by atoms with Crippen molar-refractivity contribution < 1.29 is 32.5 Å². The molecule has 6 aromatic carbocycles. The monoisotopic (exact) mass is 896 g/mol. The Kier molecular flexibility index (Phi) is 14.2. The number of para-hydroxylation sites is 1. The topological polar surface area (TPSA) is 55.4 Å². The second kappa shape index (κ2) is 19.7. The molecule has 8 rings (SSSR count). The third-order valence-corrected chi connectivity index (χ3v) is 15.3. The van der Waals surface area contributed by atoms with Gasteiger partial charge in [-0.3, -0.25) is 0 Å². The van der Waals surface area contributed by atoms with E-state index in [1.165, 1.54) is 44.5 Å². The van der Waals surface area contributed by atoms with Gasteiger partial charge in [0.15, 0.2) is 12.4 Å². The van der Waals surface area contributed by atoms with E-state index in [4.69, 9.17) is 28.0 Å². The van der Waals surface area contributed by atoms with Crippen LogP contribution in [0.2, 0.25) is 0 Å². The van der Waals surface area contributed by atoms with Crippen molar-refractivity contribution in [2.75, 3.05) is 27.7 Å². The van der Waals surface area contributed by atoms with Gasteiger partial charge in [0.05, 0.1) is 44.0 Å². The van der Waals surface area contributed by atoms with Crippen molar-refractivity contribution in [1.82, 2.24) is 0 Å². The van der Waals surface area contributed by atoms with E-state index in [0.717, 1.165) is 49.1 Å². The molecule has 6 atom stereocenters. The molecule has 6 aromatic rings. The van der Waals surface area contributed by atoms with Crippen LogP contribution in [0.3, 0.4) is 0 Å². The van der Waals surface area contributed by atoms with Crippen LogP contribution in [0, 0.1) is 55.4 Å². The van der Waals surface area contributed by atoms with E-state index >= 15 is 0 Å². The van der Waals surface area contributed by atoms with Crippen molar-refractivity contribution in [3.8, 4) is 5.75 Å². The standard InChI is InChI=1S/C55H64NO6P2/c1-35-21-36(2)26-45(25-35)63(46-27-37(3)22-38(4)28-46)61-52-51-50(34-57-54(60-51)43-17-13-12-14-18-43)59-55(58-49-20-16-15-19-44(49)33-56(9,10)11)53(52)62-64(47-29-39(5)23-40(6)30-47)48-31-41(7)24-42(8)32-48/h12-32,50-55H,33-34H2,1-11H3/q+1/t50-,51-,52+,53-,54?,55-/m1/s1. The van der Waals surface area contributed by atoms with Crippen molar-refractivity contribution in [3.63, 3.8) is 0 Å². The van der Waals surface area contributed by atoms with Crippen LogP contribution in [-0.2, 0) is 29.8 Å². The molecule has 0 spiro atoms. The van der Waals surface area contributed by atoms with Crippen LogP contribution in [0.5, 0.6) is 5.75 Å². The molecule has 0 aromatic heterocycles. The largest absolute Gasteiger partial charge is 0.461 e. The number of ether oxygens (including phenoxy) is 4. The average molecular weight is 897 g/mol. The Morgan fingerprint density at radius 2 is 0.938 bits per heavy atom. The molecule has 2 saturated heterocycles. The fourth-order valence-electron chi connectivity index (χ4n) is 9.10. The van der Waals surface area contributed by atoms with E-state index in [9.17, 15) is 0 Å². The molecule has 1 unspecified atom stereocenters. The zero-order valence-electron chi connectivity index (χ0n) is 39.3. The molecular weight excluding hydrogens is 833 g/mol. The summed E-state index contributed by atoms with van der Waals surface area (Å²) in [6.07, 6.45) is -4.06. The fraction of sp³-hybridized carbons (Fsp3) is 0.345. The molecular formula is C55H64NO6P2+. The minimum absolute atomic E-state index is 0.283. The van der Waals surface area contributed by atoms with Crippen LogP contribution in [0.25, 0.3) is 0 Å². The van der Waals surface area contributed by atoms with Gasteiger partial charge in [0.1, 0.15) is 30.6 Å². The molecule has 7 nitrogen and oxygen atoms in total. The van der Waals surface area contributed by atoms with E-state index in [-0.39, 0.29) is 6.61 Å². The molecule has 0 saturated carbocycles. The van der Waals surface area contributed by atoms with Gasteiger partial charge in [-0.2, -0.15) is 0 Å². The summed E-state index contributed by atoms with van der Waals surface area (Å²) in [5, 5.41) is 4.48. The highest BCUT2D eigenvalue weighted by Gasteiger charge is 2.54. The van der Waals surface area contributed by atoms with Gasteiger partial charge in [0.25, 0.3) is 0 Å². The summed E-state index contributed by atoms with van der Waals surface area (Å²) in [6.45, 7) is 18.3. The van der Waals surface area contributed by atoms with Gasteiger partial charge < -0.3 is 32.5 Å². The predicted octanol–water partition coefficient (Wildman–Crippen LogP) is 10.4. The molecule has 2 fully saturated rings. The lowest BCUT2D eigenvalue weighted by atomic mass is 9.97. The van der Waals surface area contributed by atoms with Crippen molar-refractivity contribution in [3.05, 3.63) is 183 Å². The molecule has 0 bridgehead atoms. The van der Waals surface area contributed by atoms with E-state index < -0.39 is 53.3 Å². The Labute approximate surface area is 383 Å². The van der Waals surface area contributed by atoms with Crippen molar-refractivity contribution in [2.45, 2.75) is 98.9 Å². The minimum Gasteiger partial charge on any atom is -0.461 e. The van der Waals surface area contributed by atoms with E-state index in [0.29, 0.717) is 0 Å². The number of benzene rings is 6. The summed E-state index contributed by atoms with van der Waals surface area (Å²) in [4.78, 5) is 0. The zero-order valence-corrected chi connectivity index (χ0v) is 41.1. The molecule has 0 N–H and O–H groups in total. The summed E-state index contributed by atoms with van der Waals surface area (Å²) in [5.74, 6) is 0.749. The van der Waals surface area contributed by atoms with Crippen molar-refractivity contribution in [1.29, 1.82) is 0 Å². The summed E-state index contributed by atoms with van der Waals surface area (Å²) in [5.41, 5.74) is 11.5. The lowest BCUT2D eigenvalue weighted by molar-refractivity contribution is -0.884. The van der Waals surface area contributed by atoms with Gasteiger partial charge in [0, 0.05) is 32.3 Å². The zero-order chi connectivity index (χ0) is 45.3. The quantitative estimate of drug-likeness (QED) is 0.0851. The number of rotatable bonds is 13. The van der Waals surface area contributed by atoms with E-state index in [2.05, 4.69) is 161 Å². The summed E-state index contributed by atoms with van der Waals surface area (Å²) >= 11 is 0. The third kappa shape index (κ3) is 11.2. The first-order valence-corrected chi connectivity index (χ1v) is 24.9. The van der Waals surface area contributed by atoms with Crippen LogP contribution < -0.4 is 26.0 Å². The normalized spacial score (nSPS) is 21.3. The Morgan fingerprint density at radius 1 is 0.516 bits per heavy atom. The first-order chi connectivity index (χ1) is 30.5. The first-order valence-electron chi connectivity index (χ1n) is 22.3. The number of hydrogen-bond acceptors (Lipinski definition) is 6. The SMILES string of the molecule is Cc1cc(C)cc(P(O[C@@H]2[C@@H](OP(c3cc(C)cc(C)c3)c3cc(C)cc(C)c3)[C@H](Oc3ccccc3C[N+](C)(C)C)O[C@@H]3COC(c4ccccc4)O[C@@H]23)c2cc(C)cc(C)c2)c1. The van der Waals surface area contributed by atoms with Gasteiger partial charge in [-0.25, -0.2) is 0 Å². The second-order valence-corrected chi connectivity index (χ2v) is 22.7. The van der Waals surface area contributed by atoms with Crippen LogP contribution in [-0.4, -0.2) is 62.9 Å². The molecule has 9 heteroatoms. The average Bonchev–Trinajstić information content (AvgIpc) is 3.21. The highest BCUT2D eigenvalue weighted by Crippen LogP contribution is 2.49. The molecule has 64 heavy (non-hydrogen) atoms. The molecule has 0 amide bonds. The second-order valence-electron chi connectivity index (χ2n) is 19.0. The van der Waals surface area contributed by atoms with E-state index in [1.807, 2.05) is 42.5 Å². The smallest absolute Gasteiger partial charge is 0.229 e. The fourth-order valence-corrected chi connectivity index (χ4v) is 13.7. The molecule has 0 aliphatic carbocycles. The Morgan fingerprint density at radius 3 is 1.39 bits per heavy atom. The number of hydrogen-bond donors (Lipinski definition) is 0. The maximum atomic E-state index is 7.90. The molecule has 2 aliphatic heterocycles. The number of nitrogens with zero attached hydrogens (tertiary/aromatic N) is 1. The third-order valence-electron chi connectivity index (χ3n) is 11.4. The van der Waals surface area contributed by atoms with Crippen molar-refractivity contribution >= 4 is 37.5 Å². The maximum absolute atomic E-state index is 7.90. The number of aryl methyl sites for hydroxylation is 8. The van der Waals surface area contributed by atoms with Crippen LogP contribution in [0.15, 0.2) is 127 Å². The van der Waals surface area contributed by atoms with Gasteiger partial charge in [-0.05, 0) is 116 Å². The molecule has 2 heterocycles. The highest BCUT2D eigenvalue weighted by atomic mass is 31.1. The Balaban J connectivity index is 1.34. The number of quaternary nitrogens is 1. The minimum atomic E-state index is -1.45. The van der Waals surface area contributed by atoms with Gasteiger partial charge in [-0.15, -0.1) is 0 Å². The maximum Gasteiger partial charge on any atom is 0.229 e. The van der Waals surface area contributed by atoms with Crippen molar-refractivity contribution in [2.24, 2.45) is 0 Å². The van der Waals surface area contributed by atoms with Gasteiger partial charge in [-0.1, -0.05) is 111 Å². The number of fused-ring (bicyclic) bond motifs is 1. The van der Waals surface area contributed by atoms with Crippen LogP contribution in [0.4, 0.5) is 0 Å². The van der Waals surface area contributed by atoms with Gasteiger partial charge >= 0.3 is 0 Å².